The first-order valence-electron chi connectivity index (χ1n) is 6.46. The molecule has 0 aliphatic heterocycles. The number of Topliss-reactive ketones (excluding diaryl/α,β-unsaturated/α-hetero) is 1. The third-order valence-electron chi connectivity index (χ3n) is 4.19. The molecular formula is C12H8B6ClNO2. The highest BCUT2D eigenvalue weighted by Gasteiger charge is 2.50. The second kappa shape index (κ2) is 5.54. The van der Waals surface area contributed by atoms with E-state index in [-0.39, 0.29) is 45.3 Å². The summed E-state index contributed by atoms with van der Waals surface area (Å²) in [6.45, 7) is 0. The topological polar surface area (TPSA) is 63.3 Å². The van der Waals surface area contributed by atoms with E-state index in [1.807, 2.05) is 0 Å². The van der Waals surface area contributed by atoms with Gasteiger partial charge in [0.2, 0.25) is 0 Å². The van der Waals surface area contributed by atoms with Gasteiger partial charge < -0.3 is 10.8 Å². The predicted molar refractivity (Wildman–Crippen MR) is 93.3 cm³/mol. The summed E-state index contributed by atoms with van der Waals surface area (Å²) in [5.74, 6) is -0.805. The van der Waals surface area contributed by atoms with E-state index in [9.17, 15) is 9.90 Å². The smallest absolute Gasteiger partial charge is 0.184 e. The van der Waals surface area contributed by atoms with Crippen LogP contribution in [-0.2, 0) is 10.3 Å². The Kier molecular flexibility index (Phi) is 4.49. The molecule has 1 aliphatic carbocycles. The fraction of sp³-hybridized carbons (Fsp3) is 0.417. The first kappa shape index (κ1) is 17.8. The molecule has 2 atom stereocenters. The number of ketones is 1. The lowest BCUT2D eigenvalue weighted by Gasteiger charge is -2.45. The van der Waals surface area contributed by atoms with Crippen molar-refractivity contribution in [1.29, 1.82) is 0 Å². The number of rotatable bonds is 1. The maximum absolute atomic E-state index is 12.5. The monoisotopic (exact) mass is 299 g/mol. The van der Waals surface area contributed by atoms with Crippen LogP contribution < -0.4 is 27.6 Å². The van der Waals surface area contributed by atoms with Gasteiger partial charge in [-0.05, 0) is 12.0 Å². The molecule has 10 heteroatoms. The molecule has 1 saturated carbocycles. The minimum absolute atomic E-state index is 0.00523. The van der Waals surface area contributed by atoms with Gasteiger partial charge in [-0.25, -0.2) is 0 Å². The van der Waals surface area contributed by atoms with Gasteiger partial charge in [0.05, 0.1) is 15.7 Å². The Hall–Kier alpha value is -0.510. The second-order valence-electron chi connectivity index (χ2n) is 5.69. The van der Waals surface area contributed by atoms with Gasteiger partial charge in [-0.15, -0.1) is 10.9 Å². The maximum atomic E-state index is 12.5. The van der Waals surface area contributed by atoms with Crippen LogP contribution in [0.2, 0.25) is 10.2 Å². The molecule has 22 heavy (non-hydrogen) atoms. The Morgan fingerprint density at radius 1 is 1.05 bits per heavy atom. The lowest BCUT2D eigenvalue weighted by molar-refractivity contribution is -0.137. The van der Waals surface area contributed by atoms with E-state index in [2.05, 4.69) is 0 Å². The summed E-state index contributed by atoms with van der Waals surface area (Å²) >= 11 is 6.17. The standard InChI is InChI=1S/C12H8B6ClNO2/c13-4-3(8(19)7(16)6(15)5(4)14)11(20)1-2-12(17,18)10(22)9(11)21/h10,22H,1-2,20H2. The third-order valence-corrected chi connectivity index (χ3v) is 4.58. The minimum atomic E-state index is -1.71. The number of carbonyl (C=O) groups excluding carboxylic acids is 1. The molecule has 1 aromatic rings. The molecule has 1 fully saturated rings. The van der Waals surface area contributed by atoms with Crippen LogP contribution in [0.5, 0.6) is 0 Å². The van der Waals surface area contributed by atoms with Crippen molar-refractivity contribution in [3.63, 3.8) is 0 Å². The summed E-state index contributed by atoms with van der Waals surface area (Å²) < 4.78 is 0. The maximum Gasteiger partial charge on any atom is 0.184 e. The van der Waals surface area contributed by atoms with Gasteiger partial charge in [-0.1, -0.05) is 34.2 Å². The highest BCUT2D eigenvalue weighted by Crippen LogP contribution is 2.43. The number of benzene rings is 1. The van der Waals surface area contributed by atoms with Crippen molar-refractivity contribution < 1.29 is 9.90 Å². The summed E-state index contributed by atoms with van der Waals surface area (Å²) in [6, 6.07) is 0. The quantitative estimate of drug-likeness (QED) is 0.518. The van der Waals surface area contributed by atoms with E-state index >= 15 is 0 Å². The van der Waals surface area contributed by atoms with E-state index in [1.165, 1.54) is 0 Å². The van der Waals surface area contributed by atoms with Crippen molar-refractivity contribution in [1.82, 2.24) is 0 Å². The van der Waals surface area contributed by atoms with Crippen LogP contribution in [-0.4, -0.2) is 64.1 Å². The Balaban J connectivity index is 2.69. The summed E-state index contributed by atoms with van der Waals surface area (Å²) in [5, 5.41) is 8.37. The van der Waals surface area contributed by atoms with E-state index in [1.54, 1.807) is 0 Å². The van der Waals surface area contributed by atoms with Gasteiger partial charge in [0, 0.05) is 5.02 Å². The molecule has 0 heterocycles. The highest BCUT2D eigenvalue weighted by atomic mass is 35.5. The van der Waals surface area contributed by atoms with Crippen molar-refractivity contribution >= 4 is 86.3 Å². The van der Waals surface area contributed by atoms with E-state index < -0.39 is 22.6 Å². The summed E-state index contributed by atoms with van der Waals surface area (Å²) in [4.78, 5) is 12.5. The molecular weight excluding hydrogens is 290 g/mol. The highest BCUT2D eigenvalue weighted by molar-refractivity contribution is 6.65. The molecule has 0 amide bonds. The first-order chi connectivity index (χ1) is 9.95. The average molecular weight is 299 g/mol. The fourth-order valence-electron chi connectivity index (χ4n) is 2.64. The van der Waals surface area contributed by atoms with Crippen LogP contribution in [0.4, 0.5) is 0 Å². The number of hydrogen-bond donors (Lipinski definition) is 2. The van der Waals surface area contributed by atoms with Crippen LogP contribution in [0.15, 0.2) is 0 Å². The Morgan fingerprint density at radius 2 is 1.55 bits per heavy atom. The van der Waals surface area contributed by atoms with Crippen molar-refractivity contribution in [2.75, 3.05) is 0 Å². The van der Waals surface area contributed by atoms with Gasteiger partial charge in [-0.3, -0.25) is 4.79 Å². The predicted octanol–water partition coefficient (Wildman–Crippen LogP) is -4.15. The van der Waals surface area contributed by atoms with Gasteiger partial charge in [-0.2, -0.15) is 0 Å². The van der Waals surface area contributed by atoms with Crippen molar-refractivity contribution in [3.8, 4) is 0 Å². The van der Waals surface area contributed by atoms with Crippen molar-refractivity contribution in [2.24, 2.45) is 5.73 Å². The van der Waals surface area contributed by atoms with Crippen molar-refractivity contribution in [3.05, 3.63) is 10.6 Å². The van der Waals surface area contributed by atoms with Crippen molar-refractivity contribution in [2.45, 2.75) is 29.7 Å². The number of nitrogens with two attached hydrogens (primary N) is 1. The van der Waals surface area contributed by atoms with Crippen LogP contribution in [0.3, 0.4) is 0 Å². The fourth-order valence-corrected chi connectivity index (χ4v) is 3.01. The molecule has 1 aromatic carbocycles. The molecule has 0 saturated heterocycles. The summed E-state index contributed by atoms with van der Waals surface area (Å²) in [6.07, 6.45) is -1.60. The molecule has 3 N–H and O–H groups in total. The Morgan fingerprint density at radius 3 is 2.09 bits per heavy atom. The lowest BCUT2D eigenvalue weighted by atomic mass is 9.44. The van der Waals surface area contributed by atoms with Gasteiger partial charge in [0.1, 0.15) is 43.0 Å². The molecule has 3 nitrogen and oxygen atoms in total. The molecule has 2 rings (SSSR count). The Bertz CT molecular complexity index is 639. The van der Waals surface area contributed by atoms with Gasteiger partial charge in [0.15, 0.2) is 5.78 Å². The van der Waals surface area contributed by atoms with E-state index in [4.69, 9.17) is 64.4 Å². The molecule has 2 unspecified atom stereocenters. The van der Waals surface area contributed by atoms with Gasteiger partial charge >= 0.3 is 0 Å². The molecule has 1 aliphatic rings. The summed E-state index contributed by atoms with van der Waals surface area (Å²) in [5.41, 5.74) is 4.39. The molecule has 0 spiro atoms. The zero-order valence-electron chi connectivity index (χ0n) is 11.8. The zero-order chi connectivity index (χ0) is 17.0. The van der Waals surface area contributed by atoms with E-state index in [0.717, 1.165) is 0 Å². The van der Waals surface area contributed by atoms with Gasteiger partial charge in [0.25, 0.3) is 0 Å². The zero-order valence-corrected chi connectivity index (χ0v) is 12.5. The first-order valence-corrected chi connectivity index (χ1v) is 6.83. The molecule has 0 aromatic heterocycles. The third kappa shape index (κ3) is 2.42. The number of carbonyl (C=O) groups is 1. The number of halogens is 1. The average Bonchev–Trinajstić information content (AvgIpc) is 2.46. The number of aliphatic hydroxyl groups is 1. The second-order valence-corrected chi connectivity index (χ2v) is 6.07. The van der Waals surface area contributed by atoms with Crippen LogP contribution >= 0.6 is 11.6 Å². The lowest BCUT2D eigenvalue weighted by Crippen LogP contribution is -2.62. The number of aliphatic hydroxyl groups excluding tert-OH is 1. The normalized spacial score (nSPS) is 27.8. The van der Waals surface area contributed by atoms with Crippen LogP contribution in [0.1, 0.15) is 18.4 Å². The van der Waals surface area contributed by atoms with E-state index in [0.29, 0.717) is 0 Å². The SMILES string of the molecule is [B]c1c([B])c([B])c(C2(N)CCC([B])([B])C(O)C2=O)c(Cl)c1[B]. The molecule has 98 valence electrons. The largest absolute Gasteiger partial charge is 0.386 e. The van der Waals surface area contributed by atoms with Crippen LogP contribution in [0, 0.1) is 0 Å². The summed E-state index contributed by atoms with van der Waals surface area (Å²) in [7, 11) is 34.6. The Labute approximate surface area is 142 Å². The minimum Gasteiger partial charge on any atom is -0.386 e. The number of hydrogen-bond acceptors (Lipinski definition) is 3. The molecule has 12 radical (unpaired) electrons. The molecule has 0 bridgehead atoms. The van der Waals surface area contributed by atoms with Crippen LogP contribution in [0.25, 0.3) is 0 Å².